The van der Waals surface area contributed by atoms with Crippen LogP contribution in [-0.2, 0) is 18.3 Å². The molecule has 24 heavy (non-hydrogen) atoms. The highest BCUT2D eigenvalue weighted by molar-refractivity contribution is 5.87. The molecule has 0 spiro atoms. The number of tetrazole rings is 1. The summed E-state index contributed by atoms with van der Waals surface area (Å²) >= 11 is 0. The second-order valence-corrected chi connectivity index (χ2v) is 5.38. The Hall–Kier alpha value is -3.16. The Bertz CT molecular complexity index is 867. The predicted molar refractivity (Wildman–Crippen MR) is 88.0 cm³/mol. The van der Waals surface area contributed by atoms with Crippen molar-refractivity contribution in [1.29, 1.82) is 0 Å². The van der Waals surface area contributed by atoms with E-state index >= 15 is 0 Å². The molecule has 2 aromatic heterocycles. The van der Waals surface area contributed by atoms with E-state index in [1.54, 1.807) is 9.25 Å². The van der Waals surface area contributed by atoms with Crippen LogP contribution in [0.1, 0.15) is 21.9 Å². The summed E-state index contributed by atoms with van der Waals surface area (Å²) in [7, 11) is 3.19. The summed E-state index contributed by atoms with van der Waals surface area (Å²) < 4.78 is 8.18. The summed E-state index contributed by atoms with van der Waals surface area (Å²) in [5.41, 5.74) is 3.32. The number of aryl methyl sites for hydroxylation is 2. The van der Waals surface area contributed by atoms with Crippen LogP contribution in [0, 0.1) is 6.92 Å². The van der Waals surface area contributed by atoms with Crippen molar-refractivity contribution >= 4 is 11.7 Å². The van der Waals surface area contributed by atoms with Gasteiger partial charge in [-0.3, -0.25) is 0 Å². The number of nitrogens with zero attached hydrogens (tertiary/aromatic N) is 5. The van der Waals surface area contributed by atoms with E-state index < -0.39 is 0 Å². The van der Waals surface area contributed by atoms with Crippen LogP contribution in [0.2, 0.25) is 0 Å². The van der Waals surface area contributed by atoms with Crippen LogP contribution < -0.4 is 5.32 Å². The maximum Gasteiger partial charge on any atom is 0.354 e. The molecule has 0 atom stereocenters. The molecule has 8 heteroatoms. The number of nitrogens with one attached hydrogen (secondary N) is 1. The third kappa shape index (κ3) is 3.12. The fourth-order valence-electron chi connectivity index (χ4n) is 2.46. The minimum absolute atomic E-state index is 0.347. The number of benzene rings is 1. The second kappa shape index (κ2) is 6.53. The van der Waals surface area contributed by atoms with Crippen LogP contribution >= 0.6 is 0 Å². The number of hydrogen-bond acceptors (Lipinski definition) is 6. The van der Waals surface area contributed by atoms with Gasteiger partial charge < -0.3 is 14.6 Å². The molecule has 0 saturated carbocycles. The number of aromatic nitrogens is 5. The molecule has 3 rings (SSSR count). The van der Waals surface area contributed by atoms with E-state index in [0.717, 1.165) is 22.8 Å². The Kier molecular flexibility index (Phi) is 4.28. The summed E-state index contributed by atoms with van der Waals surface area (Å²) in [6.07, 6.45) is 1.90. The van der Waals surface area contributed by atoms with Crippen LogP contribution in [0.15, 0.2) is 36.5 Å². The lowest BCUT2D eigenvalue weighted by molar-refractivity contribution is 0.0590. The average Bonchev–Trinajstić information content (AvgIpc) is 3.18. The molecule has 0 saturated heterocycles. The first-order chi connectivity index (χ1) is 11.6. The Balaban J connectivity index is 1.74. The number of hydrogen-bond donors (Lipinski definition) is 1. The lowest BCUT2D eigenvalue weighted by atomic mass is 10.2. The molecule has 0 aliphatic heterocycles. The maximum atomic E-state index is 11.6. The van der Waals surface area contributed by atoms with Crippen LogP contribution in [0.4, 0.5) is 5.69 Å². The Morgan fingerprint density at radius 1 is 1.33 bits per heavy atom. The van der Waals surface area contributed by atoms with E-state index in [1.807, 2.05) is 50.5 Å². The van der Waals surface area contributed by atoms with Gasteiger partial charge in [0.25, 0.3) is 0 Å². The summed E-state index contributed by atoms with van der Waals surface area (Å²) in [6, 6.07) is 9.62. The highest BCUT2D eigenvalue weighted by Crippen LogP contribution is 2.16. The van der Waals surface area contributed by atoms with E-state index in [1.165, 1.54) is 7.11 Å². The van der Waals surface area contributed by atoms with Gasteiger partial charge >= 0.3 is 5.97 Å². The van der Waals surface area contributed by atoms with Gasteiger partial charge in [-0.15, -0.1) is 5.10 Å². The molecule has 124 valence electrons. The van der Waals surface area contributed by atoms with E-state index in [-0.39, 0.29) is 5.97 Å². The van der Waals surface area contributed by atoms with Crippen molar-refractivity contribution in [2.45, 2.75) is 13.5 Å². The fourth-order valence-corrected chi connectivity index (χ4v) is 2.46. The maximum absolute atomic E-state index is 11.6. The highest BCUT2D eigenvalue weighted by atomic mass is 16.5. The molecule has 0 bridgehead atoms. The highest BCUT2D eigenvalue weighted by Gasteiger charge is 2.11. The number of methoxy groups -OCH3 is 1. The van der Waals surface area contributed by atoms with Gasteiger partial charge in [0.1, 0.15) is 5.69 Å². The topological polar surface area (TPSA) is 86.9 Å². The summed E-state index contributed by atoms with van der Waals surface area (Å²) in [4.78, 5) is 11.6. The van der Waals surface area contributed by atoms with Crippen molar-refractivity contribution in [2.24, 2.45) is 7.05 Å². The molecular formula is C16H18N6O2. The number of esters is 1. The summed E-state index contributed by atoms with van der Waals surface area (Å²) in [5, 5.41) is 14.8. The van der Waals surface area contributed by atoms with E-state index in [9.17, 15) is 4.79 Å². The molecule has 0 unspecified atom stereocenters. The van der Waals surface area contributed by atoms with Gasteiger partial charge in [-0.05, 0) is 47.2 Å². The van der Waals surface area contributed by atoms with Crippen molar-refractivity contribution in [3.8, 4) is 5.69 Å². The Morgan fingerprint density at radius 3 is 2.88 bits per heavy atom. The lowest BCUT2D eigenvalue weighted by Gasteiger charge is -2.07. The zero-order valence-electron chi connectivity index (χ0n) is 13.7. The van der Waals surface area contributed by atoms with Gasteiger partial charge in [0.05, 0.1) is 12.8 Å². The molecule has 0 aliphatic carbocycles. The van der Waals surface area contributed by atoms with Crippen LogP contribution in [0.5, 0.6) is 0 Å². The molecule has 2 heterocycles. The molecule has 1 N–H and O–H groups in total. The molecular weight excluding hydrogens is 308 g/mol. The quantitative estimate of drug-likeness (QED) is 0.718. The molecule has 0 amide bonds. The molecule has 0 fully saturated rings. The van der Waals surface area contributed by atoms with E-state index in [0.29, 0.717) is 12.2 Å². The van der Waals surface area contributed by atoms with Crippen molar-refractivity contribution in [2.75, 3.05) is 12.4 Å². The van der Waals surface area contributed by atoms with Crippen LogP contribution in [0.25, 0.3) is 5.69 Å². The van der Waals surface area contributed by atoms with Crippen molar-refractivity contribution in [3.63, 3.8) is 0 Å². The second-order valence-electron chi connectivity index (χ2n) is 5.38. The predicted octanol–water partition coefficient (Wildman–Crippen LogP) is 1.71. The Morgan fingerprint density at radius 2 is 2.17 bits per heavy atom. The molecule has 3 aromatic rings. The minimum atomic E-state index is -0.347. The zero-order chi connectivity index (χ0) is 17.1. The first-order valence-corrected chi connectivity index (χ1v) is 7.41. The number of carbonyl (C=O) groups excluding carboxylic acids is 1. The van der Waals surface area contributed by atoms with Gasteiger partial charge in [-0.1, -0.05) is 6.07 Å². The van der Waals surface area contributed by atoms with Crippen LogP contribution in [-0.4, -0.2) is 37.9 Å². The number of carbonyl (C=O) groups is 1. The monoisotopic (exact) mass is 326 g/mol. The fraction of sp³-hybridized carbons (Fsp3) is 0.250. The lowest BCUT2D eigenvalue weighted by Crippen LogP contribution is -2.06. The van der Waals surface area contributed by atoms with Gasteiger partial charge in [-0.2, -0.15) is 4.68 Å². The molecule has 8 nitrogen and oxygen atoms in total. The van der Waals surface area contributed by atoms with E-state index in [4.69, 9.17) is 4.74 Å². The van der Waals surface area contributed by atoms with Gasteiger partial charge in [-0.25, -0.2) is 4.79 Å². The smallest absolute Gasteiger partial charge is 0.354 e. The normalized spacial score (nSPS) is 10.6. The standard InChI is InChI=1S/C16H18N6O2/c1-11-18-19-20-22(11)14-6-4-5-13(8-14)17-9-12-7-15(16(23)24-3)21(2)10-12/h4-8,10,17H,9H2,1-3H3. The van der Waals surface area contributed by atoms with E-state index in [2.05, 4.69) is 20.8 Å². The number of anilines is 1. The molecule has 0 radical (unpaired) electrons. The number of ether oxygens (including phenoxy) is 1. The van der Waals surface area contributed by atoms with Crippen molar-refractivity contribution in [3.05, 3.63) is 53.6 Å². The minimum Gasteiger partial charge on any atom is -0.464 e. The average molecular weight is 326 g/mol. The van der Waals surface area contributed by atoms with Gasteiger partial charge in [0.15, 0.2) is 5.82 Å². The number of rotatable bonds is 5. The van der Waals surface area contributed by atoms with Crippen molar-refractivity contribution in [1.82, 2.24) is 24.8 Å². The van der Waals surface area contributed by atoms with Crippen LogP contribution in [0.3, 0.4) is 0 Å². The SMILES string of the molecule is COC(=O)c1cc(CNc2cccc(-n3nnnc3C)c2)cn1C. The summed E-state index contributed by atoms with van der Waals surface area (Å²) in [6.45, 7) is 2.43. The third-order valence-corrected chi connectivity index (χ3v) is 3.67. The zero-order valence-corrected chi connectivity index (χ0v) is 13.7. The summed E-state index contributed by atoms with van der Waals surface area (Å²) in [5.74, 6) is 0.373. The van der Waals surface area contributed by atoms with Crippen molar-refractivity contribution < 1.29 is 9.53 Å². The van der Waals surface area contributed by atoms with Gasteiger partial charge in [0.2, 0.25) is 0 Å². The molecule has 1 aromatic carbocycles. The first kappa shape index (κ1) is 15.7. The molecule has 0 aliphatic rings. The third-order valence-electron chi connectivity index (χ3n) is 3.67. The Labute approximate surface area is 139 Å². The first-order valence-electron chi connectivity index (χ1n) is 7.41. The largest absolute Gasteiger partial charge is 0.464 e. The van der Waals surface area contributed by atoms with Gasteiger partial charge in [0, 0.05) is 25.5 Å².